The molecule has 0 aromatic heterocycles. The molecule has 1 aliphatic rings. The number of hydroxylamine groups is 2. The third kappa shape index (κ3) is 6.15. The van der Waals surface area contributed by atoms with Gasteiger partial charge in [0, 0.05) is 16.6 Å². The number of nitrogens with zero attached hydrogens (tertiary/aromatic N) is 1. The van der Waals surface area contributed by atoms with Crippen molar-refractivity contribution in [3.63, 3.8) is 0 Å². The molecule has 3 rings (SSSR count). The lowest BCUT2D eigenvalue weighted by molar-refractivity contribution is -0.219. The van der Waals surface area contributed by atoms with Gasteiger partial charge in [0.25, 0.3) is 0 Å². The van der Waals surface area contributed by atoms with Gasteiger partial charge in [-0.1, -0.05) is 35.3 Å². The fraction of sp³-hybridized carbons (Fsp3) is 0.423. The van der Waals surface area contributed by atoms with Crippen LogP contribution in [0.3, 0.4) is 0 Å². The summed E-state index contributed by atoms with van der Waals surface area (Å²) >= 11 is 12.3. The van der Waals surface area contributed by atoms with Crippen LogP contribution in [0.25, 0.3) is 0 Å². The summed E-state index contributed by atoms with van der Waals surface area (Å²) in [6.07, 6.45) is 1.05. The van der Waals surface area contributed by atoms with Crippen LogP contribution in [0.4, 0.5) is 0 Å². The Kier molecular flexibility index (Phi) is 8.46. The van der Waals surface area contributed by atoms with Gasteiger partial charge in [0.2, 0.25) is 0 Å². The normalized spacial score (nSPS) is 18.6. The van der Waals surface area contributed by atoms with Crippen molar-refractivity contribution in [3.05, 3.63) is 68.7 Å². The zero-order valence-corrected chi connectivity index (χ0v) is 21.9. The summed E-state index contributed by atoms with van der Waals surface area (Å²) in [6.45, 7) is 5.70. The molecule has 35 heavy (non-hydrogen) atoms. The van der Waals surface area contributed by atoms with Crippen LogP contribution in [0.5, 0.6) is 0 Å². The molecule has 2 atom stereocenters. The van der Waals surface area contributed by atoms with E-state index in [4.69, 9.17) is 37.5 Å². The van der Waals surface area contributed by atoms with E-state index in [1.807, 2.05) is 6.07 Å². The van der Waals surface area contributed by atoms with E-state index in [1.54, 1.807) is 50.1 Å². The topological polar surface area (TPSA) is 82.1 Å². The number of benzene rings is 2. The Morgan fingerprint density at radius 1 is 0.886 bits per heavy atom. The fourth-order valence-corrected chi connectivity index (χ4v) is 4.48. The van der Waals surface area contributed by atoms with E-state index in [2.05, 4.69) is 0 Å². The number of carbonyl (C=O) groups excluding carboxylic acids is 3. The number of hydrogen-bond acceptors (Lipinski definition) is 7. The van der Waals surface area contributed by atoms with Gasteiger partial charge in [-0.15, -0.1) is 5.06 Å². The van der Waals surface area contributed by atoms with Crippen LogP contribution < -0.4 is 0 Å². The molecular weight excluding hydrogens is 493 g/mol. The maximum absolute atomic E-state index is 12.8. The standard InChI is InChI=1S/C26H29Cl2NO6/c1-26(2,3)25(32)35-29-11-10-15(18-8-6-16(27)13-20(18)23(30)33-4)12-22(29)19-9-7-17(28)14-21(19)24(31)34-5/h6-9,13-15,22H,10-12H2,1-5H3. The van der Waals surface area contributed by atoms with Crippen molar-refractivity contribution in [1.82, 2.24) is 5.06 Å². The molecule has 1 saturated heterocycles. The highest BCUT2D eigenvalue weighted by Crippen LogP contribution is 2.43. The Balaban J connectivity index is 2.07. The molecule has 188 valence electrons. The Morgan fingerprint density at radius 3 is 1.91 bits per heavy atom. The van der Waals surface area contributed by atoms with Crippen molar-refractivity contribution in [2.45, 2.75) is 45.6 Å². The first-order valence-corrected chi connectivity index (χ1v) is 12.0. The number of esters is 2. The maximum atomic E-state index is 12.8. The van der Waals surface area contributed by atoms with E-state index in [1.165, 1.54) is 20.3 Å². The maximum Gasteiger partial charge on any atom is 0.338 e. The molecule has 0 radical (unpaired) electrons. The van der Waals surface area contributed by atoms with Gasteiger partial charge in [0.05, 0.1) is 36.8 Å². The molecular formula is C26H29Cl2NO6. The minimum absolute atomic E-state index is 0.0999. The van der Waals surface area contributed by atoms with Crippen LogP contribution in [0.1, 0.15) is 77.4 Å². The second kappa shape index (κ2) is 11.0. The molecule has 0 saturated carbocycles. The highest BCUT2D eigenvalue weighted by atomic mass is 35.5. The molecule has 0 aliphatic carbocycles. The molecule has 0 N–H and O–H groups in total. The van der Waals surface area contributed by atoms with Gasteiger partial charge in [-0.05, 0) is 74.9 Å². The van der Waals surface area contributed by atoms with E-state index < -0.39 is 29.4 Å². The quantitative estimate of drug-likeness (QED) is 0.446. The predicted octanol–water partition coefficient (Wildman–Crippen LogP) is 5.99. The van der Waals surface area contributed by atoms with Gasteiger partial charge >= 0.3 is 17.9 Å². The summed E-state index contributed by atoms with van der Waals surface area (Å²) < 4.78 is 9.95. The Hall–Kier alpha value is -2.61. The van der Waals surface area contributed by atoms with Gasteiger partial charge < -0.3 is 14.3 Å². The molecule has 0 amide bonds. The molecule has 2 aromatic carbocycles. The van der Waals surface area contributed by atoms with Crippen LogP contribution in [-0.4, -0.2) is 43.7 Å². The van der Waals surface area contributed by atoms with Crippen molar-refractivity contribution >= 4 is 41.1 Å². The van der Waals surface area contributed by atoms with Gasteiger partial charge in [0.1, 0.15) is 0 Å². The zero-order valence-electron chi connectivity index (χ0n) is 20.4. The van der Waals surface area contributed by atoms with Crippen molar-refractivity contribution in [2.75, 3.05) is 20.8 Å². The molecule has 2 aromatic rings. The number of methoxy groups -OCH3 is 2. The summed E-state index contributed by atoms with van der Waals surface area (Å²) in [4.78, 5) is 43.7. The molecule has 9 heteroatoms. The summed E-state index contributed by atoms with van der Waals surface area (Å²) in [6, 6.07) is 9.60. The molecule has 0 bridgehead atoms. The van der Waals surface area contributed by atoms with Crippen LogP contribution in [0.15, 0.2) is 36.4 Å². The average molecular weight is 522 g/mol. The summed E-state index contributed by atoms with van der Waals surface area (Å²) in [5.41, 5.74) is 1.34. The molecule has 1 aliphatic heterocycles. The van der Waals surface area contributed by atoms with E-state index in [-0.39, 0.29) is 11.5 Å². The Labute approximate surface area is 215 Å². The lowest BCUT2D eigenvalue weighted by Gasteiger charge is -2.40. The minimum Gasteiger partial charge on any atom is -0.465 e. The predicted molar refractivity (Wildman–Crippen MR) is 133 cm³/mol. The van der Waals surface area contributed by atoms with Gasteiger partial charge in [-0.2, -0.15) is 0 Å². The van der Waals surface area contributed by atoms with Crippen LogP contribution in [0.2, 0.25) is 10.0 Å². The smallest absolute Gasteiger partial charge is 0.338 e. The first kappa shape index (κ1) is 27.0. The monoisotopic (exact) mass is 521 g/mol. The third-order valence-electron chi connectivity index (χ3n) is 6.01. The van der Waals surface area contributed by atoms with Gasteiger partial charge in [-0.25, -0.2) is 14.4 Å². The Morgan fingerprint density at radius 2 is 1.40 bits per heavy atom. The number of hydrogen-bond donors (Lipinski definition) is 0. The average Bonchev–Trinajstić information content (AvgIpc) is 2.82. The Bertz CT molecular complexity index is 1130. The van der Waals surface area contributed by atoms with Crippen LogP contribution in [-0.2, 0) is 19.1 Å². The molecule has 7 nitrogen and oxygen atoms in total. The molecule has 1 fully saturated rings. The highest BCUT2D eigenvalue weighted by molar-refractivity contribution is 6.31. The van der Waals surface area contributed by atoms with E-state index in [9.17, 15) is 14.4 Å². The number of rotatable bonds is 5. The van der Waals surface area contributed by atoms with Crippen molar-refractivity contribution in [1.29, 1.82) is 0 Å². The number of piperidine rings is 1. The SMILES string of the molecule is COC(=O)c1cc(Cl)ccc1C1CCN(OC(=O)C(C)(C)C)C(c2ccc(Cl)cc2C(=O)OC)C1. The van der Waals surface area contributed by atoms with Crippen molar-refractivity contribution in [3.8, 4) is 0 Å². The molecule has 2 unspecified atom stereocenters. The number of carbonyl (C=O) groups is 3. The largest absolute Gasteiger partial charge is 0.465 e. The second-order valence-electron chi connectivity index (χ2n) is 9.45. The third-order valence-corrected chi connectivity index (χ3v) is 6.48. The van der Waals surface area contributed by atoms with Crippen molar-refractivity contribution < 1.29 is 28.7 Å². The van der Waals surface area contributed by atoms with Gasteiger partial charge in [0.15, 0.2) is 0 Å². The summed E-state index contributed by atoms with van der Waals surface area (Å²) in [5, 5.41) is 2.41. The lowest BCUT2D eigenvalue weighted by atomic mass is 9.81. The summed E-state index contributed by atoms with van der Waals surface area (Å²) in [7, 11) is 2.62. The first-order chi connectivity index (χ1) is 16.5. The highest BCUT2D eigenvalue weighted by Gasteiger charge is 2.38. The first-order valence-electron chi connectivity index (χ1n) is 11.2. The van der Waals surface area contributed by atoms with Crippen molar-refractivity contribution in [2.24, 2.45) is 5.41 Å². The summed E-state index contributed by atoms with van der Waals surface area (Å²) in [5.74, 6) is -1.52. The minimum atomic E-state index is -0.721. The van der Waals surface area contributed by atoms with Crippen LogP contribution in [0, 0.1) is 5.41 Å². The van der Waals surface area contributed by atoms with E-state index >= 15 is 0 Å². The van der Waals surface area contributed by atoms with E-state index in [0.717, 1.165) is 5.56 Å². The molecule has 1 heterocycles. The second-order valence-corrected chi connectivity index (χ2v) is 10.3. The van der Waals surface area contributed by atoms with Crippen LogP contribution >= 0.6 is 23.2 Å². The van der Waals surface area contributed by atoms with Gasteiger partial charge in [-0.3, -0.25) is 0 Å². The fourth-order valence-electron chi connectivity index (χ4n) is 4.14. The number of halogens is 2. The number of ether oxygens (including phenoxy) is 2. The van der Waals surface area contributed by atoms with E-state index in [0.29, 0.717) is 40.6 Å². The molecule has 0 spiro atoms. The lowest BCUT2D eigenvalue weighted by Crippen LogP contribution is -2.41. The zero-order chi connectivity index (χ0) is 25.9.